The Morgan fingerprint density at radius 3 is 2.50 bits per heavy atom. The SMILES string of the molecule is Cc1ccc(/C=C/[C@@H](O)C(CO)NC(=O)O)cc1. The maximum absolute atomic E-state index is 10.4. The van der Waals surface area contributed by atoms with Crippen molar-refractivity contribution in [2.75, 3.05) is 6.61 Å². The fourth-order valence-electron chi connectivity index (χ4n) is 1.42. The highest BCUT2D eigenvalue weighted by molar-refractivity contribution is 5.65. The molecule has 1 amide bonds. The van der Waals surface area contributed by atoms with Gasteiger partial charge in [0, 0.05) is 0 Å². The van der Waals surface area contributed by atoms with Crippen LogP contribution in [0, 0.1) is 6.92 Å². The molecule has 0 aliphatic heterocycles. The molecule has 0 heterocycles. The van der Waals surface area contributed by atoms with Gasteiger partial charge in [-0.05, 0) is 12.5 Å². The standard InChI is InChI=1S/C13H17NO4/c1-9-2-4-10(5-3-9)6-7-12(16)11(8-15)14-13(17)18/h2-7,11-12,14-16H,8H2,1H3,(H,17,18)/b7-6+/t11?,12-/m1/s1. The van der Waals surface area contributed by atoms with Gasteiger partial charge in [-0.25, -0.2) is 4.79 Å². The van der Waals surface area contributed by atoms with Gasteiger partial charge in [0.1, 0.15) is 0 Å². The number of aryl methyl sites for hydroxylation is 1. The van der Waals surface area contributed by atoms with Crippen LogP contribution in [0.4, 0.5) is 4.79 Å². The van der Waals surface area contributed by atoms with E-state index in [4.69, 9.17) is 10.2 Å². The van der Waals surface area contributed by atoms with E-state index in [1.54, 1.807) is 6.08 Å². The summed E-state index contributed by atoms with van der Waals surface area (Å²) in [4.78, 5) is 10.4. The molecule has 0 saturated heterocycles. The predicted molar refractivity (Wildman–Crippen MR) is 68.3 cm³/mol. The fraction of sp³-hybridized carbons (Fsp3) is 0.308. The van der Waals surface area contributed by atoms with Crippen LogP contribution in [-0.4, -0.2) is 40.2 Å². The lowest BCUT2D eigenvalue weighted by molar-refractivity contribution is 0.116. The molecule has 5 nitrogen and oxygen atoms in total. The van der Waals surface area contributed by atoms with Crippen molar-refractivity contribution >= 4 is 12.2 Å². The van der Waals surface area contributed by atoms with E-state index in [9.17, 15) is 9.90 Å². The lowest BCUT2D eigenvalue weighted by atomic mass is 10.1. The average Bonchev–Trinajstić information content (AvgIpc) is 2.34. The first-order chi connectivity index (χ1) is 8.52. The highest BCUT2D eigenvalue weighted by Crippen LogP contribution is 2.06. The largest absolute Gasteiger partial charge is 0.465 e. The number of aliphatic hydroxyl groups excluding tert-OH is 2. The number of hydrogen-bond acceptors (Lipinski definition) is 3. The number of carboxylic acid groups (broad SMARTS) is 1. The van der Waals surface area contributed by atoms with E-state index in [2.05, 4.69) is 0 Å². The van der Waals surface area contributed by atoms with E-state index in [0.29, 0.717) is 0 Å². The molecule has 0 radical (unpaired) electrons. The lowest BCUT2D eigenvalue weighted by Crippen LogP contribution is -2.44. The molecule has 1 aromatic rings. The molecule has 4 N–H and O–H groups in total. The maximum atomic E-state index is 10.4. The molecule has 0 aromatic heterocycles. The van der Waals surface area contributed by atoms with E-state index in [1.165, 1.54) is 6.08 Å². The number of carbonyl (C=O) groups is 1. The van der Waals surface area contributed by atoms with Crippen molar-refractivity contribution in [3.63, 3.8) is 0 Å². The molecule has 1 rings (SSSR count). The van der Waals surface area contributed by atoms with Crippen LogP contribution < -0.4 is 5.32 Å². The second-order valence-corrected chi connectivity index (χ2v) is 4.00. The van der Waals surface area contributed by atoms with Crippen molar-refractivity contribution in [3.05, 3.63) is 41.5 Å². The molecule has 18 heavy (non-hydrogen) atoms. The van der Waals surface area contributed by atoms with Crippen LogP contribution >= 0.6 is 0 Å². The van der Waals surface area contributed by atoms with Gasteiger partial charge in [-0.3, -0.25) is 0 Å². The highest BCUT2D eigenvalue weighted by Gasteiger charge is 2.17. The fourth-order valence-corrected chi connectivity index (χ4v) is 1.42. The number of aliphatic hydroxyl groups is 2. The zero-order valence-electron chi connectivity index (χ0n) is 10.1. The summed E-state index contributed by atoms with van der Waals surface area (Å²) in [6.07, 6.45) is 0.766. The van der Waals surface area contributed by atoms with Crippen LogP contribution in [0.25, 0.3) is 6.08 Å². The van der Waals surface area contributed by atoms with Crippen LogP contribution in [-0.2, 0) is 0 Å². The summed E-state index contributed by atoms with van der Waals surface area (Å²) in [5.41, 5.74) is 2.03. The monoisotopic (exact) mass is 251 g/mol. The van der Waals surface area contributed by atoms with Gasteiger partial charge in [-0.15, -0.1) is 0 Å². The summed E-state index contributed by atoms with van der Waals surface area (Å²) in [5.74, 6) is 0. The van der Waals surface area contributed by atoms with Gasteiger partial charge >= 0.3 is 6.09 Å². The third-order valence-electron chi connectivity index (χ3n) is 2.48. The Hall–Kier alpha value is -1.85. The molecular formula is C13H17NO4. The third-order valence-corrected chi connectivity index (χ3v) is 2.48. The van der Waals surface area contributed by atoms with Crippen LogP contribution in [0.2, 0.25) is 0 Å². The number of rotatable bonds is 5. The van der Waals surface area contributed by atoms with Crippen molar-refractivity contribution in [1.29, 1.82) is 0 Å². The summed E-state index contributed by atoms with van der Waals surface area (Å²) in [6, 6.07) is 6.72. The van der Waals surface area contributed by atoms with Crippen LogP contribution in [0.1, 0.15) is 11.1 Å². The molecule has 0 fully saturated rings. The van der Waals surface area contributed by atoms with Gasteiger partial charge in [0.25, 0.3) is 0 Å². The summed E-state index contributed by atoms with van der Waals surface area (Å²) in [5, 5.41) is 29.2. The Kier molecular flexibility index (Phi) is 5.35. The Morgan fingerprint density at radius 2 is 2.00 bits per heavy atom. The highest BCUT2D eigenvalue weighted by atomic mass is 16.4. The molecule has 0 spiro atoms. The topological polar surface area (TPSA) is 89.8 Å². The van der Waals surface area contributed by atoms with Crippen LogP contribution in [0.5, 0.6) is 0 Å². The molecular weight excluding hydrogens is 234 g/mol. The lowest BCUT2D eigenvalue weighted by Gasteiger charge is -2.17. The molecule has 5 heteroatoms. The first kappa shape index (κ1) is 14.2. The number of nitrogens with one attached hydrogen (secondary N) is 1. The van der Waals surface area contributed by atoms with Crippen molar-refractivity contribution < 1.29 is 20.1 Å². The van der Waals surface area contributed by atoms with E-state index in [-0.39, 0.29) is 0 Å². The zero-order valence-corrected chi connectivity index (χ0v) is 10.1. The minimum absolute atomic E-state index is 0.467. The minimum Gasteiger partial charge on any atom is -0.465 e. The summed E-state index contributed by atoms with van der Waals surface area (Å²) in [7, 11) is 0. The number of amides is 1. The normalized spacial score (nSPS) is 14.4. The second-order valence-electron chi connectivity index (χ2n) is 4.00. The zero-order chi connectivity index (χ0) is 13.5. The van der Waals surface area contributed by atoms with Gasteiger partial charge in [0.05, 0.1) is 18.8 Å². The molecule has 0 aliphatic rings. The Labute approximate surface area is 105 Å². The van der Waals surface area contributed by atoms with Crippen LogP contribution in [0.15, 0.2) is 30.3 Å². The average molecular weight is 251 g/mol. The smallest absolute Gasteiger partial charge is 0.405 e. The summed E-state index contributed by atoms with van der Waals surface area (Å²) in [6.45, 7) is 1.51. The van der Waals surface area contributed by atoms with Crippen molar-refractivity contribution in [3.8, 4) is 0 Å². The Bertz CT molecular complexity index is 414. The Morgan fingerprint density at radius 1 is 1.39 bits per heavy atom. The maximum Gasteiger partial charge on any atom is 0.405 e. The first-order valence-electron chi connectivity index (χ1n) is 5.56. The Balaban J connectivity index is 2.64. The third kappa shape index (κ3) is 4.57. The molecule has 2 atom stereocenters. The van der Waals surface area contributed by atoms with Gasteiger partial charge in [0.15, 0.2) is 0 Å². The number of hydrogen-bond donors (Lipinski definition) is 4. The van der Waals surface area contributed by atoms with Gasteiger partial charge in [-0.2, -0.15) is 0 Å². The van der Waals surface area contributed by atoms with E-state index >= 15 is 0 Å². The first-order valence-corrected chi connectivity index (χ1v) is 5.56. The minimum atomic E-state index is -1.28. The van der Waals surface area contributed by atoms with Gasteiger partial charge in [0.2, 0.25) is 0 Å². The predicted octanol–water partition coefficient (Wildman–Crippen LogP) is 0.998. The molecule has 0 saturated carbocycles. The van der Waals surface area contributed by atoms with Crippen molar-refractivity contribution in [1.82, 2.24) is 5.32 Å². The van der Waals surface area contributed by atoms with Crippen molar-refractivity contribution in [2.45, 2.75) is 19.1 Å². The molecule has 1 unspecified atom stereocenters. The molecule has 0 aliphatic carbocycles. The van der Waals surface area contributed by atoms with E-state index in [0.717, 1.165) is 11.1 Å². The molecule has 98 valence electrons. The number of benzene rings is 1. The summed E-state index contributed by atoms with van der Waals surface area (Å²) < 4.78 is 0. The van der Waals surface area contributed by atoms with Gasteiger partial charge in [-0.1, -0.05) is 42.0 Å². The quantitative estimate of drug-likeness (QED) is 0.628. The van der Waals surface area contributed by atoms with Crippen LogP contribution in [0.3, 0.4) is 0 Å². The van der Waals surface area contributed by atoms with E-state index < -0.39 is 24.8 Å². The molecule has 0 bridgehead atoms. The van der Waals surface area contributed by atoms with Gasteiger partial charge < -0.3 is 20.6 Å². The second kappa shape index (κ2) is 6.78. The van der Waals surface area contributed by atoms with Crippen molar-refractivity contribution in [2.24, 2.45) is 0 Å². The summed E-state index contributed by atoms with van der Waals surface area (Å²) >= 11 is 0. The molecule has 1 aromatic carbocycles. The van der Waals surface area contributed by atoms with E-state index in [1.807, 2.05) is 36.5 Å².